The highest BCUT2D eigenvalue weighted by Gasteiger charge is 2.44. The molecule has 31 nitrogen and oxygen atoms in total. The van der Waals surface area contributed by atoms with Gasteiger partial charge in [-0.2, -0.15) is 0 Å². The summed E-state index contributed by atoms with van der Waals surface area (Å²) in [7, 11) is 0. The molecule has 3 heterocycles. The first-order chi connectivity index (χ1) is 38.9. The number of nitrogens with zero attached hydrogens (tertiary/aromatic N) is 4. The van der Waals surface area contributed by atoms with Crippen LogP contribution in [0.3, 0.4) is 0 Å². The van der Waals surface area contributed by atoms with E-state index in [0.29, 0.717) is 19.3 Å². The Bertz CT molecular complexity index is 2400. The number of rotatable bonds is 32. The Balaban J connectivity index is 1.71. The molecule has 83 heavy (non-hydrogen) atoms. The number of carboxylic acids is 2. The van der Waals surface area contributed by atoms with Gasteiger partial charge in [-0.05, 0) is 103 Å². The second-order valence-electron chi connectivity index (χ2n) is 22.1. The van der Waals surface area contributed by atoms with Crippen LogP contribution in [-0.4, -0.2) is 212 Å². The molecule has 0 aromatic carbocycles. The van der Waals surface area contributed by atoms with Crippen molar-refractivity contribution in [2.24, 2.45) is 39.8 Å². The molecule has 466 valence electrons. The smallest absolute Gasteiger partial charge is 0.326 e. The highest BCUT2D eigenvalue weighted by Crippen LogP contribution is 2.24. The lowest BCUT2D eigenvalue weighted by Gasteiger charge is -2.33. The number of nitrogens with one attached hydrogen (secondary N) is 7. The first-order valence-corrected chi connectivity index (χ1v) is 28.1. The third-order valence-corrected chi connectivity index (χ3v) is 14.5. The molecule has 0 unspecified atom stereocenters. The molecule has 0 radical (unpaired) electrons. The number of carbonyl (C=O) groups is 13. The maximum absolute atomic E-state index is 14.2. The summed E-state index contributed by atoms with van der Waals surface area (Å²) >= 11 is 0. The molecule has 0 aromatic rings. The zero-order valence-corrected chi connectivity index (χ0v) is 48.4. The summed E-state index contributed by atoms with van der Waals surface area (Å²) in [5, 5.41) is 47.3. The van der Waals surface area contributed by atoms with Crippen molar-refractivity contribution >= 4 is 82.9 Å². The van der Waals surface area contributed by atoms with Crippen molar-refractivity contribution in [2.45, 2.75) is 205 Å². The molecule has 0 saturated carbocycles. The Morgan fingerprint density at radius 2 is 0.976 bits per heavy atom. The largest absolute Gasteiger partial charge is 0.481 e. The summed E-state index contributed by atoms with van der Waals surface area (Å²) in [5.41, 5.74) is 22.0. The van der Waals surface area contributed by atoms with Gasteiger partial charge in [-0.1, -0.05) is 27.7 Å². The fraction of sp³-hybridized carbons (Fsp3) is 0.731. The average Bonchev–Trinajstić information content (AvgIpc) is 4.42. The fourth-order valence-electron chi connectivity index (χ4n) is 9.98. The molecule has 0 aliphatic carbocycles. The molecule has 3 aliphatic rings. The topological polar surface area (TPSA) is 493 Å². The van der Waals surface area contributed by atoms with E-state index in [-0.39, 0.29) is 95.8 Å². The van der Waals surface area contributed by atoms with E-state index >= 15 is 0 Å². The number of likely N-dealkylation sites (tertiary alicyclic amines) is 3. The maximum Gasteiger partial charge on any atom is 0.326 e. The number of aliphatic hydroxyl groups excluding tert-OH is 1. The van der Waals surface area contributed by atoms with E-state index in [1.165, 1.54) is 30.6 Å². The molecule has 0 aromatic heterocycles. The fourth-order valence-corrected chi connectivity index (χ4v) is 9.98. The lowest BCUT2D eigenvalue weighted by Crippen LogP contribution is -2.61. The Labute approximate surface area is 481 Å². The van der Waals surface area contributed by atoms with E-state index < -0.39 is 162 Å². The number of primary amides is 1. The molecule has 11 amide bonds. The van der Waals surface area contributed by atoms with Crippen LogP contribution in [0.4, 0.5) is 0 Å². The Morgan fingerprint density at radius 3 is 1.43 bits per heavy atom. The highest BCUT2D eigenvalue weighted by atomic mass is 16.4. The van der Waals surface area contributed by atoms with Crippen LogP contribution in [0.15, 0.2) is 4.99 Å². The van der Waals surface area contributed by atoms with Gasteiger partial charge >= 0.3 is 11.9 Å². The van der Waals surface area contributed by atoms with E-state index in [2.05, 4.69) is 42.2 Å². The molecular formula is C52H87N15O16. The molecule has 0 bridgehead atoms. The van der Waals surface area contributed by atoms with Crippen LogP contribution in [0.2, 0.25) is 0 Å². The third kappa shape index (κ3) is 21.2. The van der Waals surface area contributed by atoms with Crippen LogP contribution < -0.4 is 60.2 Å². The van der Waals surface area contributed by atoms with Crippen molar-refractivity contribution in [3.05, 3.63) is 0 Å². The third-order valence-electron chi connectivity index (χ3n) is 14.5. The van der Waals surface area contributed by atoms with E-state index in [0.717, 1.165) is 4.90 Å². The average molecular weight is 1180 g/mol. The molecule has 12 atom stereocenters. The van der Waals surface area contributed by atoms with Crippen LogP contribution in [0.5, 0.6) is 0 Å². The minimum absolute atomic E-state index is 0.00837. The van der Waals surface area contributed by atoms with Crippen molar-refractivity contribution in [1.82, 2.24) is 51.9 Å². The number of hydrogen-bond acceptors (Lipinski definition) is 16. The van der Waals surface area contributed by atoms with E-state index in [1.54, 1.807) is 13.8 Å². The van der Waals surface area contributed by atoms with Crippen molar-refractivity contribution < 1.29 is 77.6 Å². The van der Waals surface area contributed by atoms with Gasteiger partial charge in [0.05, 0.1) is 12.1 Å². The van der Waals surface area contributed by atoms with Gasteiger partial charge in [0, 0.05) is 39.0 Å². The second kappa shape index (κ2) is 32.8. The summed E-state index contributed by atoms with van der Waals surface area (Å²) in [6.07, 6.45) is -1.25. The maximum atomic E-state index is 14.2. The van der Waals surface area contributed by atoms with E-state index in [4.69, 9.17) is 22.9 Å². The molecule has 31 heteroatoms. The highest BCUT2D eigenvalue weighted by molar-refractivity contribution is 5.99. The normalized spacial score (nSPS) is 20.0. The van der Waals surface area contributed by atoms with Gasteiger partial charge in [0.15, 0.2) is 5.96 Å². The van der Waals surface area contributed by atoms with Gasteiger partial charge in [-0.15, -0.1) is 0 Å². The van der Waals surface area contributed by atoms with E-state index in [9.17, 15) is 77.6 Å². The Hall–Kier alpha value is -7.70. The summed E-state index contributed by atoms with van der Waals surface area (Å²) in [6.45, 7) is 11.1. The van der Waals surface area contributed by atoms with Crippen molar-refractivity contribution in [3.63, 3.8) is 0 Å². The molecule has 18 N–H and O–H groups in total. The molecule has 3 fully saturated rings. The monoisotopic (exact) mass is 1180 g/mol. The molecule has 3 rings (SSSR count). The second-order valence-corrected chi connectivity index (χ2v) is 22.1. The van der Waals surface area contributed by atoms with Crippen LogP contribution in [-0.2, 0) is 62.3 Å². The first kappa shape index (κ1) is 69.6. The van der Waals surface area contributed by atoms with Crippen LogP contribution >= 0.6 is 0 Å². The van der Waals surface area contributed by atoms with Crippen molar-refractivity contribution in [2.75, 3.05) is 26.2 Å². The number of carbonyl (C=O) groups excluding carboxylic acids is 11. The molecule has 3 saturated heterocycles. The number of carboxylic acid groups (broad SMARTS) is 2. The van der Waals surface area contributed by atoms with Gasteiger partial charge in [-0.25, -0.2) is 4.79 Å². The van der Waals surface area contributed by atoms with Gasteiger partial charge in [0.1, 0.15) is 60.4 Å². The minimum Gasteiger partial charge on any atom is -0.481 e. The van der Waals surface area contributed by atoms with Crippen LogP contribution in [0.1, 0.15) is 132 Å². The Kier molecular flexibility index (Phi) is 27.5. The predicted octanol–water partition coefficient (Wildman–Crippen LogP) is -4.93. The standard InChI is InChI=1S/C52H87N15O16/c1-25(2)24-30(53)42(73)60-32(17-19-38(70)71)44(75)64-40(29(7)68)50(81)67-23-11-14-35(67)46(77)59-28(6)48(79)65-21-9-15-36(65)47(78)61-31(16-18-37(54)69)43(74)63-39(26(3)4)49(80)66-22-10-13-34(66)45(76)58-27(5)41(72)62-33(51(82)83)12-8-20-57-52(55)56/h25-36,39-40,68H,8-24,53H2,1-7H3,(H2,54,69)(H,58,76)(H,59,77)(H,60,73)(H,61,78)(H,62,72)(H,63,74)(H,64,75)(H,70,71)(H,82,83)(H4,55,56,57)/t27-,28-,29+,30-,31-,32-,33-,34-,35-,36-,39-,40-/m0/s1. The summed E-state index contributed by atoms with van der Waals surface area (Å²) in [5.74, 6) is -12.1. The SMILES string of the molecule is CC(C)C[C@H](N)C(=O)N[C@@H](CCC(=O)O)C(=O)N[C@H](C(=O)N1CCC[C@H]1C(=O)N[C@@H](C)C(=O)N1CCC[C@H]1C(=O)N[C@@H](CCC(N)=O)C(=O)N[C@H](C(=O)N1CCC[C@H]1C(=O)N[C@@H](C)C(=O)N[C@@H](CCCN=C(N)N)C(=O)O)C(C)C)[C@@H](C)O. The number of nitrogens with two attached hydrogens (primary N) is 4. The number of amides is 11. The predicted molar refractivity (Wildman–Crippen MR) is 296 cm³/mol. The number of guanidine groups is 1. The zero-order chi connectivity index (χ0) is 62.6. The van der Waals surface area contributed by atoms with Gasteiger partial charge in [0.2, 0.25) is 65.0 Å². The number of aliphatic carboxylic acids is 2. The summed E-state index contributed by atoms with van der Waals surface area (Å²) in [4.78, 5) is 180. The lowest BCUT2D eigenvalue weighted by atomic mass is 10.0. The summed E-state index contributed by atoms with van der Waals surface area (Å²) < 4.78 is 0. The summed E-state index contributed by atoms with van der Waals surface area (Å²) in [6, 6.07) is -14.2. The van der Waals surface area contributed by atoms with Crippen molar-refractivity contribution in [3.8, 4) is 0 Å². The van der Waals surface area contributed by atoms with Crippen molar-refractivity contribution in [1.29, 1.82) is 0 Å². The van der Waals surface area contributed by atoms with Gasteiger partial charge < -0.3 is 90.2 Å². The number of hydrogen-bond donors (Lipinski definition) is 14. The first-order valence-electron chi connectivity index (χ1n) is 28.1. The van der Waals surface area contributed by atoms with Crippen LogP contribution in [0.25, 0.3) is 0 Å². The van der Waals surface area contributed by atoms with Gasteiger partial charge in [-0.3, -0.25) is 62.5 Å². The zero-order valence-electron chi connectivity index (χ0n) is 48.4. The van der Waals surface area contributed by atoms with E-state index in [1.807, 2.05) is 13.8 Å². The number of aliphatic imine (C=N–C) groups is 1. The molecule has 0 spiro atoms. The quantitative estimate of drug-likeness (QED) is 0.0170. The molecule has 3 aliphatic heterocycles. The lowest BCUT2D eigenvalue weighted by molar-refractivity contribution is -0.146. The number of aliphatic hydroxyl groups is 1. The minimum atomic E-state index is -1.66. The van der Waals surface area contributed by atoms with Crippen LogP contribution in [0, 0.1) is 11.8 Å². The molecular weight excluding hydrogens is 1090 g/mol. The van der Waals surface area contributed by atoms with Gasteiger partial charge in [0.25, 0.3) is 0 Å². The Morgan fingerprint density at radius 1 is 0.530 bits per heavy atom.